The SMILES string of the molecule is O=C(O)CCc1nncc(C2CCCCC2)n1. The molecule has 1 saturated carbocycles. The molecule has 5 nitrogen and oxygen atoms in total. The summed E-state index contributed by atoms with van der Waals surface area (Å²) in [5.74, 6) is 0.218. The van der Waals surface area contributed by atoms with Crippen molar-refractivity contribution in [2.75, 3.05) is 0 Å². The predicted octanol–water partition coefficient (Wildman–Crippen LogP) is 1.94. The summed E-state index contributed by atoms with van der Waals surface area (Å²) in [6.45, 7) is 0. The number of aromatic nitrogens is 3. The summed E-state index contributed by atoms with van der Waals surface area (Å²) >= 11 is 0. The maximum absolute atomic E-state index is 10.5. The van der Waals surface area contributed by atoms with Crippen LogP contribution in [-0.2, 0) is 11.2 Å². The number of carboxylic acids is 1. The van der Waals surface area contributed by atoms with Crippen LogP contribution in [0.4, 0.5) is 0 Å². The van der Waals surface area contributed by atoms with E-state index in [1.807, 2.05) is 0 Å². The van der Waals surface area contributed by atoms with Crippen LogP contribution in [-0.4, -0.2) is 26.3 Å². The number of carboxylic acid groups (broad SMARTS) is 1. The van der Waals surface area contributed by atoms with Gasteiger partial charge in [0, 0.05) is 12.3 Å². The molecule has 0 bridgehead atoms. The highest BCUT2D eigenvalue weighted by atomic mass is 16.4. The molecule has 1 aromatic rings. The normalized spacial score (nSPS) is 16.9. The predicted molar refractivity (Wildman–Crippen MR) is 61.6 cm³/mol. The van der Waals surface area contributed by atoms with Crippen molar-refractivity contribution < 1.29 is 9.90 Å². The molecule has 0 aliphatic heterocycles. The monoisotopic (exact) mass is 235 g/mol. The van der Waals surface area contributed by atoms with E-state index >= 15 is 0 Å². The Balaban J connectivity index is 2.02. The lowest BCUT2D eigenvalue weighted by molar-refractivity contribution is -0.137. The topological polar surface area (TPSA) is 76.0 Å². The first-order valence-corrected chi connectivity index (χ1v) is 6.16. The van der Waals surface area contributed by atoms with Gasteiger partial charge in [-0.25, -0.2) is 4.98 Å². The zero-order valence-electron chi connectivity index (χ0n) is 9.80. The van der Waals surface area contributed by atoms with E-state index in [1.165, 1.54) is 19.3 Å². The second-order valence-electron chi connectivity index (χ2n) is 4.53. The van der Waals surface area contributed by atoms with Crippen molar-refractivity contribution in [2.24, 2.45) is 0 Å². The molecule has 2 rings (SSSR count). The maximum atomic E-state index is 10.5. The highest BCUT2D eigenvalue weighted by Gasteiger charge is 2.17. The van der Waals surface area contributed by atoms with Crippen LogP contribution < -0.4 is 0 Å². The van der Waals surface area contributed by atoms with E-state index in [2.05, 4.69) is 15.2 Å². The van der Waals surface area contributed by atoms with Gasteiger partial charge in [0.05, 0.1) is 18.3 Å². The molecule has 0 amide bonds. The van der Waals surface area contributed by atoms with Gasteiger partial charge in [0.25, 0.3) is 0 Å². The van der Waals surface area contributed by atoms with Gasteiger partial charge in [-0.1, -0.05) is 19.3 Å². The fourth-order valence-electron chi connectivity index (χ4n) is 2.27. The number of aliphatic carboxylic acids is 1. The molecule has 0 unspecified atom stereocenters. The number of hydrogen-bond donors (Lipinski definition) is 1. The summed E-state index contributed by atoms with van der Waals surface area (Å²) in [5, 5.41) is 16.4. The van der Waals surface area contributed by atoms with Crippen molar-refractivity contribution in [1.82, 2.24) is 15.2 Å². The Morgan fingerprint density at radius 3 is 2.82 bits per heavy atom. The summed E-state index contributed by atoms with van der Waals surface area (Å²) in [4.78, 5) is 14.9. The number of hydrogen-bond acceptors (Lipinski definition) is 4. The smallest absolute Gasteiger partial charge is 0.303 e. The second kappa shape index (κ2) is 5.70. The van der Waals surface area contributed by atoms with E-state index < -0.39 is 5.97 Å². The maximum Gasteiger partial charge on any atom is 0.303 e. The highest BCUT2D eigenvalue weighted by Crippen LogP contribution is 2.30. The first-order chi connectivity index (χ1) is 8.25. The summed E-state index contributed by atoms with van der Waals surface area (Å²) < 4.78 is 0. The summed E-state index contributed by atoms with van der Waals surface area (Å²) in [7, 11) is 0. The van der Waals surface area contributed by atoms with E-state index in [0.717, 1.165) is 18.5 Å². The van der Waals surface area contributed by atoms with Crippen molar-refractivity contribution >= 4 is 5.97 Å². The fourth-order valence-corrected chi connectivity index (χ4v) is 2.27. The Bertz CT molecular complexity index is 389. The van der Waals surface area contributed by atoms with Gasteiger partial charge in [0.1, 0.15) is 0 Å². The summed E-state index contributed by atoms with van der Waals surface area (Å²) in [6, 6.07) is 0. The summed E-state index contributed by atoms with van der Waals surface area (Å²) in [5.41, 5.74) is 0.986. The van der Waals surface area contributed by atoms with Crippen LogP contribution >= 0.6 is 0 Å². The van der Waals surface area contributed by atoms with Gasteiger partial charge >= 0.3 is 5.97 Å². The Morgan fingerprint density at radius 2 is 2.12 bits per heavy atom. The molecule has 1 aliphatic carbocycles. The summed E-state index contributed by atoms with van der Waals surface area (Å²) in [6.07, 6.45) is 8.28. The Labute approximate surface area is 100 Å². The van der Waals surface area contributed by atoms with Gasteiger partial charge in [0.15, 0.2) is 5.82 Å². The van der Waals surface area contributed by atoms with Crippen LogP contribution in [0.1, 0.15) is 56.0 Å². The lowest BCUT2D eigenvalue weighted by atomic mass is 9.87. The molecular formula is C12H17N3O2. The molecule has 0 aromatic carbocycles. The van der Waals surface area contributed by atoms with E-state index in [1.54, 1.807) is 6.20 Å². The molecule has 0 saturated heterocycles. The Hall–Kier alpha value is -1.52. The van der Waals surface area contributed by atoms with Crippen molar-refractivity contribution in [2.45, 2.75) is 50.9 Å². The zero-order valence-corrected chi connectivity index (χ0v) is 9.80. The van der Waals surface area contributed by atoms with Gasteiger partial charge in [0.2, 0.25) is 0 Å². The molecule has 92 valence electrons. The standard InChI is InChI=1S/C12H17N3O2/c16-12(17)7-6-11-14-10(8-13-15-11)9-4-2-1-3-5-9/h8-9H,1-7H2,(H,16,17). The molecule has 0 radical (unpaired) electrons. The van der Waals surface area contributed by atoms with Crippen molar-refractivity contribution in [3.63, 3.8) is 0 Å². The Kier molecular flexibility index (Phi) is 4.01. The highest BCUT2D eigenvalue weighted by molar-refractivity contribution is 5.66. The minimum atomic E-state index is -0.823. The van der Waals surface area contributed by atoms with Gasteiger partial charge in [-0.15, -0.1) is 5.10 Å². The minimum absolute atomic E-state index is 0.0653. The first-order valence-electron chi connectivity index (χ1n) is 6.16. The van der Waals surface area contributed by atoms with Crippen LogP contribution in [0.5, 0.6) is 0 Å². The third-order valence-electron chi connectivity index (χ3n) is 3.21. The fraction of sp³-hybridized carbons (Fsp3) is 0.667. The van der Waals surface area contributed by atoms with Crippen LogP contribution in [0.2, 0.25) is 0 Å². The zero-order chi connectivity index (χ0) is 12.1. The molecule has 1 aromatic heterocycles. The quantitative estimate of drug-likeness (QED) is 0.863. The largest absolute Gasteiger partial charge is 0.481 e. The average molecular weight is 235 g/mol. The minimum Gasteiger partial charge on any atom is -0.481 e. The molecule has 0 atom stereocenters. The third kappa shape index (κ3) is 3.47. The van der Waals surface area contributed by atoms with Gasteiger partial charge in [-0.2, -0.15) is 5.10 Å². The molecule has 5 heteroatoms. The van der Waals surface area contributed by atoms with Gasteiger partial charge in [-0.05, 0) is 12.8 Å². The average Bonchev–Trinajstić information content (AvgIpc) is 2.38. The number of carbonyl (C=O) groups is 1. The van der Waals surface area contributed by atoms with E-state index in [9.17, 15) is 4.79 Å². The lowest BCUT2D eigenvalue weighted by Crippen LogP contribution is -2.10. The molecule has 0 spiro atoms. The van der Waals surface area contributed by atoms with Gasteiger partial charge in [-0.3, -0.25) is 4.79 Å². The lowest BCUT2D eigenvalue weighted by Gasteiger charge is -2.20. The molecule has 1 N–H and O–H groups in total. The molecule has 1 aliphatic rings. The van der Waals surface area contributed by atoms with Crippen LogP contribution in [0.3, 0.4) is 0 Å². The van der Waals surface area contributed by atoms with E-state index in [-0.39, 0.29) is 6.42 Å². The van der Waals surface area contributed by atoms with Crippen molar-refractivity contribution in [1.29, 1.82) is 0 Å². The molecule has 1 fully saturated rings. The third-order valence-corrected chi connectivity index (χ3v) is 3.21. The van der Waals surface area contributed by atoms with E-state index in [4.69, 9.17) is 5.11 Å². The van der Waals surface area contributed by atoms with Crippen LogP contribution in [0, 0.1) is 0 Å². The number of aryl methyl sites for hydroxylation is 1. The molecular weight excluding hydrogens is 218 g/mol. The van der Waals surface area contributed by atoms with E-state index in [0.29, 0.717) is 18.2 Å². The van der Waals surface area contributed by atoms with Crippen molar-refractivity contribution in [3.8, 4) is 0 Å². The Morgan fingerprint density at radius 1 is 1.35 bits per heavy atom. The molecule has 1 heterocycles. The van der Waals surface area contributed by atoms with Gasteiger partial charge < -0.3 is 5.11 Å². The molecule has 17 heavy (non-hydrogen) atoms. The number of rotatable bonds is 4. The van der Waals surface area contributed by atoms with Crippen LogP contribution in [0.25, 0.3) is 0 Å². The number of nitrogens with zero attached hydrogens (tertiary/aromatic N) is 3. The van der Waals surface area contributed by atoms with Crippen molar-refractivity contribution in [3.05, 3.63) is 17.7 Å². The second-order valence-corrected chi connectivity index (χ2v) is 4.53. The first kappa shape index (κ1) is 12.0. The van der Waals surface area contributed by atoms with Crippen LogP contribution in [0.15, 0.2) is 6.20 Å².